The van der Waals surface area contributed by atoms with Gasteiger partial charge in [0.2, 0.25) is 11.8 Å². The Morgan fingerprint density at radius 3 is 2.45 bits per heavy atom. The van der Waals surface area contributed by atoms with Crippen LogP contribution in [-0.2, 0) is 19.7 Å². The van der Waals surface area contributed by atoms with Gasteiger partial charge in [-0.2, -0.15) is 0 Å². The van der Waals surface area contributed by atoms with Crippen molar-refractivity contribution in [2.24, 2.45) is 5.92 Å². The second-order valence-electron chi connectivity index (χ2n) is 9.15. The van der Waals surface area contributed by atoms with Crippen molar-refractivity contribution in [1.82, 2.24) is 10.2 Å². The maximum absolute atomic E-state index is 14.6. The van der Waals surface area contributed by atoms with Crippen LogP contribution in [0.15, 0.2) is 24.3 Å². The molecule has 2 heterocycles. The predicted octanol–water partition coefficient (Wildman–Crippen LogP) is 2.99. The number of likely N-dealkylation sites (tertiary alicyclic amines) is 1. The molecular weight excluding hydrogens is 399 g/mol. The highest BCUT2D eigenvalue weighted by Crippen LogP contribution is 2.42. The van der Waals surface area contributed by atoms with Crippen molar-refractivity contribution in [3.63, 3.8) is 0 Å². The molecule has 3 aliphatic rings. The third-order valence-electron chi connectivity index (χ3n) is 7.15. The van der Waals surface area contributed by atoms with Crippen LogP contribution in [0.25, 0.3) is 0 Å². The van der Waals surface area contributed by atoms with Crippen molar-refractivity contribution >= 4 is 11.8 Å². The summed E-state index contributed by atoms with van der Waals surface area (Å²) in [7, 11) is 1.62. The first-order valence-corrected chi connectivity index (χ1v) is 11.5. The van der Waals surface area contributed by atoms with Gasteiger partial charge in [0.15, 0.2) is 0 Å². The highest BCUT2D eigenvalue weighted by molar-refractivity contribution is 5.89. The molecule has 2 amide bonds. The number of hydrogen-bond acceptors (Lipinski definition) is 4. The van der Waals surface area contributed by atoms with E-state index in [1.165, 1.54) is 0 Å². The molecule has 7 heteroatoms. The van der Waals surface area contributed by atoms with Gasteiger partial charge in [0.05, 0.1) is 19.1 Å². The van der Waals surface area contributed by atoms with Crippen molar-refractivity contribution in [2.75, 3.05) is 33.4 Å². The summed E-state index contributed by atoms with van der Waals surface area (Å²) in [5.41, 5.74) is 0.386. The molecule has 2 saturated heterocycles. The molecule has 0 unspecified atom stereocenters. The van der Waals surface area contributed by atoms with Crippen molar-refractivity contribution in [3.05, 3.63) is 29.8 Å². The van der Waals surface area contributed by atoms with Gasteiger partial charge in [0.25, 0.3) is 0 Å². The van der Waals surface area contributed by atoms with E-state index in [1.807, 2.05) is 24.3 Å². The number of nitrogens with zero attached hydrogens (tertiary/aromatic N) is 1. The minimum atomic E-state index is -1.12. The third-order valence-corrected chi connectivity index (χ3v) is 7.15. The molecule has 2 aliphatic heterocycles. The van der Waals surface area contributed by atoms with Crippen LogP contribution in [0, 0.1) is 5.92 Å². The molecule has 1 aromatic carbocycles. The standard InChI is InChI=1S/C24H33FN2O4/c1-30-21-6-4-18(5-7-21)24(10-2-3-11-24)23(29)26-20-14-19(25)15-27(16-20)22(28)17-8-12-31-13-9-17/h4-7,17,19-20H,2-3,8-16H2,1H3,(H,26,29)/t19-,20+/m1/s1. The molecule has 6 nitrogen and oxygen atoms in total. The van der Waals surface area contributed by atoms with Crippen LogP contribution in [0.5, 0.6) is 5.75 Å². The number of carbonyl (C=O) groups excluding carboxylic acids is 2. The smallest absolute Gasteiger partial charge is 0.230 e. The lowest BCUT2D eigenvalue weighted by Gasteiger charge is -2.39. The molecule has 170 valence electrons. The van der Waals surface area contributed by atoms with Crippen LogP contribution in [0.4, 0.5) is 4.39 Å². The Hall–Kier alpha value is -2.15. The SMILES string of the molecule is COc1ccc(C2(C(=O)N[C@H]3C[C@@H](F)CN(C(=O)C4CCOCC4)C3)CCCC2)cc1. The number of ether oxygens (including phenoxy) is 2. The van der Waals surface area contributed by atoms with Gasteiger partial charge in [-0.05, 0) is 43.4 Å². The summed E-state index contributed by atoms with van der Waals surface area (Å²) < 4.78 is 25.2. The number of nitrogens with one attached hydrogen (secondary N) is 1. The monoisotopic (exact) mass is 432 g/mol. The number of benzene rings is 1. The van der Waals surface area contributed by atoms with E-state index in [1.54, 1.807) is 12.0 Å². The van der Waals surface area contributed by atoms with Gasteiger partial charge in [0, 0.05) is 38.1 Å². The Kier molecular flexibility index (Phi) is 6.80. The number of amides is 2. The highest BCUT2D eigenvalue weighted by atomic mass is 19.1. The molecule has 31 heavy (non-hydrogen) atoms. The number of hydrogen-bond donors (Lipinski definition) is 1. The average Bonchev–Trinajstić information content (AvgIpc) is 3.30. The predicted molar refractivity (Wildman–Crippen MR) is 115 cm³/mol. The number of alkyl halides is 1. The Bertz CT molecular complexity index is 772. The molecule has 4 rings (SSSR count). The van der Waals surface area contributed by atoms with Crippen LogP contribution in [-0.4, -0.2) is 62.3 Å². The molecule has 1 saturated carbocycles. The van der Waals surface area contributed by atoms with E-state index in [2.05, 4.69) is 5.32 Å². The molecule has 0 bridgehead atoms. The van der Waals surface area contributed by atoms with Gasteiger partial charge in [-0.15, -0.1) is 0 Å². The quantitative estimate of drug-likeness (QED) is 0.777. The summed E-state index contributed by atoms with van der Waals surface area (Å²) in [4.78, 5) is 28.0. The summed E-state index contributed by atoms with van der Waals surface area (Å²) >= 11 is 0. The van der Waals surface area contributed by atoms with Crippen LogP contribution >= 0.6 is 0 Å². The number of rotatable bonds is 5. The number of carbonyl (C=O) groups is 2. The fraction of sp³-hybridized carbons (Fsp3) is 0.667. The highest BCUT2D eigenvalue weighted by Gasteiger charge is 2.44. The first-order chi connectivity index (χ1) is 15.0. The Morgan fingerprint density at radius 1 is 1.13 bits per heavy atom. The van der Waals surface area contributed by atoms with Gasteiger partial charge < -0.3 is 19.7 Å². The van der Waals surface area contributed by atoms with Gasteiger partial charge >= 0.3 is 0 Å². The van der Waals surface area contributed by atoms with Crippen molar-refractivity contribution in [3.8, 4) is 5.75 Å². The minimum Gasteiger partial charge on any atom is -0.497 e. The topological polar surface area (TPSA) is 67.9 Å². The summed E-state index contributed by atoms with van der Waals surface area (Å²) in [6.07, 6.45) is 4.04. The molecule has 0 aromatic heterocycles. The van der Waals surface area contributed by atoms with Crippen molar-refractivity contribution in [2.45, 2.75) is 62.6 Å². The van der Waals surface area contributed by atoms with Crippen LogP contribution < -0.4 is 10.1 Å². The second kappa shape index (κ2) is 9.55. The zero-order valence-electron chi connectivity index (χ0n) is 18.3. The van der Waals surface area contributed by atoms with Crippen LogP contribution in [0.1, 0.15) is 50.5 Å². The van der Waals surface area contributed by atoms with Crippen molar-refractivity contribution < 1.29 is 23.5 Å². The van der Waals surface area contributed by atoms with E-state index in [-0.39, 0.29) is 36.7 Å². The van der Waals surface area contributed by atoms with Gasteiger partial charge in [0.1, 0.15) is 11.9 Å². The fourth-order valence-electron chi connectivity index (χ4n) is 5.38. The van der Waals surface area contributed by atoms with Gasteiger partial charge in [-0.3, -0.25) is 9.59 Å². The summed E-state index contributed by atoms with van der Waals surface area (Å²) in [6.45, 7) is 1.65. The van der Waals surface area contributed by atoms with E-state index < -0.39 is 11.6 Å². The largest absolute Gasteiger partial charge is 0.497 e. The van der Waals surface area contributed by atoms with E-state index in [0.717, 1.165) is 37.0 Å². The lowest BCUT2D eigenvalue weighted by Crippen LogP contribution is -2.57. The molecule has 0 radical (unpaired) electrons. The lowest BCUT2D eigenvalue weighted by molar-refractivity contribution is -0.142. The third kappa shape index (κ3) is 4.71. The second-order valence-corrected chi connectivity index (χ2v) is 9.15. The molecule has 2 atom stereocenters. The van der Waals surface area contributed by atoms with Gasteiger partial charge in [-0.1, -0.05) is 25.0 Å². The lowest BCUT2D eigenvalue weighted by atomic mass is 9.77. The Morgan fingerprint density at radius 2 is 1.81 bits per heavy atom. The molecular formula is C24H33FN2O4. The molecule has 0 spiro atoms. The molecule has 1 aliphatic carbocycles. The maximum atomic E-state index is 14.6. The summed E-state index contributed by atoms with van der Waals surface area (Å²) in [5.74, 6) is 0.603. The Labute approximate surface area is 183 Å². The number of piperidine rings is 1. The van der Waals surface area contributed by atoms with E-state index in [0.29, 0.717) is 32.6 Å². The molecule has 3 fully saturated rings. The van der Waals surface area contributed by atoms with E-state index >= 15 is 0 Å². The number of halogens is 1. The maximum Gasteiger partial charge on any atom is 0.230 e. The zero-order chi connectivity index (χ0) is 21.8. The average molecular weight is 433 g/mol. The van der Waals surface area contributed by atoms with Crippen LogP contribution in [0.3, 0.4) is 0 Å². The normalized spacial score (nSPS) is 26.5. The van der Waals surface area contributed by atoms with Gasteiger partial charge in [-0.25, -0.2) is 4.39 Å². The Balaban J connectivity index is 1.45. The fourth-order valence-corrected chi connectivity index (χ4v) is 5.38. The molecule has 1 N–H and O–H groups in total. The van der Waals surface area contributed by atoms with E-state index in [9.17, 15) is 14.0 Å². The van der Waals surface area contributed by atoms with E-state index in [4.69, 9.17) is 9.47 Å². The summed E-state index contributed by atoms with van der Waals surface area (Å²) in [5, 5.41) is 3.12. The number of methoxy groups -OCH3 is 1. The first-order valence-electron chi connectivity index (χ1n) is 11.5. The molecule has 1 aromatic rings. The van der Waals surface area contributed by atoms with Crippen molar-refractivity contribution in [1.29, 1.82) is 0 Å². The van der Waals surface area contributed by atoms with Crippen LogP contribution in [0.2, 0.25) is 0 Å². The minimum absolute atomic E-state index is 0.00404. The summed E-state index contributed by atoms with van der Waals surface area (Å²) in [6, 6.07) is 7.33. The first kappa shape index (κ1) is 22.1. The zero-order valence-corrected chi connectivity index (χ0v) is 18.3.